The third-order valence-electron chi connectivity index (χ3n) is 6.91. The van der Waals surface area contributed by atoms with Crippen molar-refractivity contribution in [1.82, 2.24) is 0 Å². The molecule has 12 heteroatoms. The van der Waals surface area contributed by atoms with Crippen LogP contribution in [-0.4, -0.2) is 56.5 Å². The Bertz CT molecular complexity index is 1550. The van der Waals surface area contributed by atoms with Gasteiger partial charge in [0.05, 0.1) is 37.8 Å². The molecule has 3 aromatic carbocycles. The van der Waals surface area contributed by atoms with E-state index < -0.39 is 20.0 Å². The highest BCUT2D eigenvalue weighted by molar-refractivity contribution is 7.93. The molecule has 0 radical (unpaired) electrons. The minimum Gasteiger partial charge on any atom is -0.490 e. The van der Waals surface area contributed by atoms with Crippen LogP contribution < -0.4 is 18.9 Å². The summed E-state index contributed by atoms with van der Waals surface area (Å²) in [5.74, 6) is 0.355. The largest absolute Gasteiger partial charge is 0.490 e. The van der Waals surface area contributed by atoms with Crippen molar-refractivity contribution in [3.05, 3.63) is 71.8 Å². The Labute approximate surface area is 261 Å². The lowest BCUT2D eigenvalue weighted by Crippen LogP contribution is -2.19. The topological polar surface area (TPSA) is 129 Å². The molecule has 1 heterocycles. The van der Waals surface area contributed by atoms with Crippen LogP contribution in [0.3, 0.4) is 0 Å². The maximum atomic E-state index is 13.7. The Kier molecular flexibility index (Phi) is 10.2. The molecule has 0 amide bonds. The molecule has 0 atom stereocenters. The second-order valence-electron chi connectivity index (χ2n) is 12.5. The van der Waals surface area contributed by atoms with Gasteiger partial charge in [0.25, 0.3) is 20.0 Å². The van der Waals surface area contributed by atoms with Gasteiger partial charge in [-0.15, -0.1) is 0 Å². The van der Waals surface area contributed by atoms with E-state index in [-0.39, 0.29) is 69.9 Å². The summed E-state index contributed by atoms with van der Waals surface area (Å²) in [5.41, 5.74) is 1.32. The zero-order valence-electron chi connectivity index (χ0n) is 26.1. The minimum atomic E-state index is -4.15. The predicted molar refractivity (Wildman–Crippen MR) is 171 cm³/mol. The zero-order valence-corrected chi connectivity index (χ0v) is 27.7. The van der Waals surface area contributed by atoms with Crippen LogP contribution in [0.25, 0.3) is 0 Å². The van der Waals surface area contributed by atoms with Crippen LogP contribution in [0.4, 0.5) is 11.4 Å². The van der Waals surface area contributed by atoms with Crippen molar-refractivity contribution in [2.24, 2.45) is 0 Å². The summed E-state index contributed by atoms with van der Waals surface area (Å²) in [7, 11) is -8.30. The molecule has 4 rings (SSSR count). The summed E-state index contributed by atoms with van der Waals surface area (Å²) in [6, 6.07) is 16.2. The van der Waals surface area contributed by atoms with Gasteiger partial charge in [-0.3, -0.25) is 9.44 Å². The van der Waals surface area contributed by atoms with Gasteiger partial charge in [-0.05, 0) is 64.4 Å². The molecular formula is C32H42N2O8S2. The van der Waals surface area contributed by atoms with Crippen molar-refractivity contribution < 1.29 is 35.8 Å². The van der Waals surface area contributed by atoms with Crippen molar-refractivity contribution in [2.45, 2.75) is 62.2 Å². The summed E-state index contributed by atoms with van der Waals surface area (Å²) in [6.45, 7) is 13.2. The third kappa shape index (κ3) is 8.65. The molecular weight excluding hydrogens is 604 g/mol. The van der Waals surface area contributed by atoms with Crippen LogP contribution in [0.2, 0.25) is 0 Å². The van der Waals surface area contributed by atoms with Gasteiger partial charge in [0, 0.05) is 0 Å². The number of nitrogens with one attached hydrogen (secondary N) is 2. The highest BCUT2D eigenvalue weighted by atomic mass is 32.2. The molecule has 1 aliphatic heterocycles. The van der Waals surface area contributed by atoms with Crippen molar-refractivity contribution in [3.8, 4) is 11.5 Å². The summed E-state index contributed by atoms with van der Waals surface area (Å²) >= 11 is 0. The van der Waals surface area contributed by atoms with Gasteiger partial charge in [0.1, 0.15) is 34.5 Å². The van der Waals surface area contributed by atoms with E-state index in [0.29, 0.717) is 13.2 Å². The smallest absolute Gasteiger partial charge is 0.265 e. The molecule has 1 aliphatic rings. The molecule has 0 saturated heterocycles. The van der Waals surface area contributed by atoms with E-state index in [1.165, 1.54) is 6.07 Å². The predicted octanol–water partition coefficient (Wildman–Crippen LogP) is 5.69. The number of benzene rings is 3. The number of ether oxygens (including phenoxy) is 4. The maximum Gasteiger partial charge on any atom is 0.265 e. The SMILES string of the molecule is CC(C)(C)c1ccc2c(c1)S(=O)(=O)Nc1cccc(c1)NS(=O)(=O)c1cc(C(C)(C)C)ccc1OCCOCCOCCO2. The molecule has 240 valence electrons. The molecule has 0 saturated carbocycles. The summed E-state index contributed by atoms with van der Waals surface area (Å²) < 4.78 is 82.9. The highest BCUT2D eigenvalue weighted by Crippen LogP contribution is 2.34. The molecule has 44 heavy (non-hydrogen) atoms. The van der Waals surface area contributed by atoms with Crippen molar-refractivity contribution >= 4 is 31.4 Å². The van der Waals surface area contributed by atoms with Crippen LogP contribution in [-0.2, 0) is 40.4 Å². The van der Waals surface area contributed by atoms with Gasteiger partial charge >= 0.3 is 0 Å². The number of hydrogen-bond acceptors (Lipinski definition) is 8. The molecule has 0 spiro atoms. The van der Waals surface area contributed by atoms with Crippen LogP contribution in [0.5, 0.6) is 11.5 Å². The molecule has 0 fully saturated rings. The second-order valence-corrected chi connectivity index (χ2v) is 15.8. The first-order chi connectivity index (χ1) is 20.6. The highest BCUT2D eigenvalue weighted by Gasteiger charge is 2.26. The molecule has 10 nitrogen and oxygen atoms in total. The first kappa shape index (κ1) is 33.6. The van der Waals surface area contributed by atoms with E-state index in [4.69, 9.17) is 18.9 Å². The molecule has 0 aromatic heterocycles. The van der Waals surface area contributed by atoms with Crippen molar-refractivity contribution in [1.29, 1.82) is 0 Å². The number of fused-ring (bicyclic) bond motifs is 4. The van der Waals surface area contributed by atoms with Crippen molar-refractivity contribution in [2.75, 3.05) is 49.1 Å². The quantitative estimate of drug-likeness (QED) is 0.319. The Morgan fingerprint density at radius 3 is 1.32 bits per heavy atom. The lowest BCUT2D eigenvalue weighted by Gasteiger charge is -2.22. The first-order valence-corrected chi connectivity index (χ1v) is 17.4. The fourth-order valence-electron chi connectivity index (χ4n) is 4.42. The van der Waals surface area contributed by atoms with E-state index in [1.807, 2.05) is 53.7 Å². The standard InChI is InChI=1S/C32H42N2O8S2/c1-31(2,3)23-10-12-27-29(20-23)43(35,36)33-25-8-7-9-26(22-25)34-44(37,38)30-21-24(32(4,5)6)11-13-28(30)42-19-17-40-15-14-39-16-18-41-27/h7-13,20-22,33-34H,14-19H2,1-6H3. The average molecular weight is 647 g/mol. The molecule has 0 unspecified atom stereocenters. The lowest BCUT2D eigenvalue weighted by atomic mass is 9.87. The van der Waals surface area contributed by atoms with Crippen LogP contribution in [0.15, 0.2) is 70.5 Å². The van der Waals surface area contributed by atoms with E-state index in [0.717, 1.165) is 11.1 Å². The van der Waals surface area contributed by atoms with Crippen LogP contribution in [0.1, 0.15) is 52.7 Å². The molecule has 2 bridgehead atoms. The first-order valence-electron chi connectivity index (χ1n) is 14.4. The second kappa shape index (κ2) is 13.4. The summed E-state index contributed by atoms with van der Waals surface area (Å²) in [5, 5.41) is 0. The average Bonchev–Trinajstić information content (AvgIpc) is 2.92. The van der Waals surface area contributed by atoms with E-state index in [1.54, 1.807) is 42.5 Å². The normalized spacial score (nSPS) is 18.0. The zero-order chi connectivity index (χ0) is 32.2. The van der Waals surface area contributed by atoms with Gasteiger partial charge in [-0.2, -0.15) is 0 Å². The Hall–Kier alpha value is -3.32. The fourth-order valence-corrected chi connectivity index (χ4v) is 6.86. The maximum absolute atomic E-state index is 13.7. The Morgan fingerprint density at radius 2 is 0.932 bits per heavy atom. The number of hydrogen-bond donors (Lipinski definition) is 2. The summed E-state index contributed by atoms with van der Waals surface area (Å²) in [6.07, 6.45) is 0. The fraction of sp³-hybridized carbons (Fsp3) is 0.438. The summed E-state index contributed by atoms with van der Waals surface area (Å²) in [4.78, 5) is -0.0724. The van der Waals surface area contributed by atoms with Gasteiger partial charge in [-0.1, -0.05) is 59.7 Å². The van der Waals surface area contributed by atoms with Gasteiger partial charge in [-0.25, -0.2) is 16.8 Å². The molecule has 0 aliphatic carbocycles. The van der Waals surface area contributed by atoms with Crippen LogP contribution in [0, 0.1) is 0 Å². The van der Waals surface area contributed by atoms with E-state index >= 15 is 0 Å². The van der Waals surface area contributed by atoms with Crippen molar-refractivity contribution in [3.63, 3.8) is 0 Å². The number of anilines is 2. The monoisotopic (exact) mass is 646 g/mol. The molecule has 2 N–H and O–H groups in total. The number of sulfonamides is 2. The van der Waals surface area contributed by atoms with E-state index in [9.17, 15) is 16.8 Å². The van der Waals surface area contributed by atoms with Gasteiger partial charge in [0.15, 0.2) is 0 Å². The van der Waals surface area contributed by atoms with E-state index in [2.05, 4.69) is 9.44 Å². The van der Waals surface area contributed by atoms with Crippen LogP contribution >= 0.6 is 0 Å². The molecule has 3 aromatic rings. The van der Waals surface area contributed by atoms with Gasteiger partial charge < -0.3 is 18.9 Å². The lowest BCUT2D eigenvalue weighted by molar-refractivity contribution is 0.0268. The van der Waals surface area contributed by atoms with Gasteiger partial charge in [0.2, 0.25) is 0 Å². The Morgan fingerprint density at radius 1 is 0.545 bits per heavy atom. The Balaban J connectivity index is 1.74. The minimum absolute atomic E-state index is 0.0362. The third-order valence-corrected chi connectivity index (χ3v) is 9.71. The number of rotatable bonds is 0.